The Kier molecular flexibility index (Phi) is 4.55. The largest absolute Gasteiger partial charge is 0.465 e. The summed E-state index contributed by atoms with van der Waals surface area (Å²) in [7, 11) is 0. The molecule has 14 heavy (non-hydrogen) atoms. The average molecular weight is 193 g/mol. The molecule has 0 atom stereocenters. The van der Waals surface area contributed by atoms with Gasteiger partial charge in [-0.1, -0.05) is 13.3 Å². The van der Waals surface area contributed by atoms with Crippen molar-refractivity contribution in [2.45, 2.75) is 19.8 Å². The summed E-state index contributed by atoms with van der Waals surface area (Å²) in [5.74, 6) is 0.616. The fourth-order valence-corrected chi connectivity index (χ4v) is 0.991. The van der Waals surface area contributed by atoms with Crippen LogP contribution in [0.3, 0.4) is 0 Å². The lowest BCUT2D eigenvalue weighted by Crippen LogP contribution is -2.21. The Morgan fingerprint density at radius 2 is 2.50 bits per heavy atom. The lowest BCUT2D eigenvalue weighted by Gasteiger charge is -1.98. The van der Waals surface area contributed by atoms with Crippen LogP contribution in [0.4, 0.5) is 0 Å². The van der Waals surface area contributed by atoms with E-state index in [2.05, 4.69) is 12.2 Å². The van der Waals surface area contributed by atoms with Crippen LogP contribution in [0.25, 0.3) is 6.08 Å². The molecule has 0 spiro atoms. The third kappa shape index (κ3) is 3.94. The Morgan fingerprint density at radius 3 is 3.14 bits per heavy atom. The van der Waals surface area contributed by atoms with Gasteiger partial charge in [-0.05, 0) is 24.6 Å². The van der Waals surface area contributed by atoms with Crippen molar-refractivity contribution in [3.63, 3.8) is 0 Å². The molecule has 0 aromatic carbocycles. The number of nitrogens with one attached hydrogen (secondary N) is 1. The van der Waals surface area contributed by atoms with Crippen molar-refractivity contribution >= 4 is 12.0 Å². The maximum atomic E-state index is 11.2. The molecule has 0 radical (unpaired) electrons. The van der Waals surface area contributed by atoms with E-state index in [1.807, 2.05) is 0 Å². The monoisotopic (exact) mass is 193 g/mol. The van der Waals surface area contributed by atoms with Crippen LogP contribution < -0.4 is 5.32 Å². The number of carbonyl (C=O) groups is 1. The van der Waals surface area contributed by atoms with E-state index >= 15 is 0 Å². The van der Waals surface area contributed by atoms with E-state index in [-0.39, 0.29) is 5.91 Å². The van der Waals surface area contributed by atoms with Gasteiger partial charge in [-0.3, -0.25) is 4.79 Å². The SMILES string of the molecule is CCCCNC(=O)C=Cc1ccco1. The van der Waals surface area contributed by atoms with Gasteiger partial charge in [0.2, 0.25) is 5.91 Å². The highest BCUT2D eigenvalue weighted by molar-refractivity contribution is 5.91. The van der Waals surface area contributed by atoms with E-state index < -0.39 is 0 Å². The second-order valence-corrected chi connectivity index (χ2v) is 2.99. The van der Waals surface area contributed by atoms with Gasteiger partial charge in [0.05, 0.1) is 6.26 Å². The van der Waals surface area contributed by atoms with Crippen molar-refractivity contribution in [2.24, 2.45) is 0 Å². The van der Waals surface area contributed by atoms with Gasteiger partial charge in [-0.2, -0.15) is 0 Å². The van der Waals surface area contributed by atoms with Crippen LogP contribution in [0.2, 0.25) is 0 Å². The highest BCUT2D eigenvalue weighted by Crippen LogP contribution is 2.01. The maximum Gasteiger partial charge on any atom is 0.244 e. The third-order valence-electron chi connectivity index (χ3n) is 1.77. The summed E-state index contributed by atoms with van der Waals surface area (Å²) in [5.41, 5.74) is 0. The molecule has 1 rings (SSSR count). The van der Waals surface area contributed by atoms with Crippen LogP contribution in [0.5, 0.6) is 0 Å². The van der Waals surface area contributed by atoms with Gasteiger partial charge < -0.3 is 9.73 Å². The average Bonchev–Trinajstić information content (AvgIpc) is 2.68. The predicted molar refractivity (Wildman–Crippen MR) is 55.7 cm³/mol. The Bertz CT molecular complexity index is 288. The smallest absolute Gasteiger partial charge is 0.244 e. The summed E-state index contributed by atoms with van der Waals surface area (Å²) in [4.78, 5) is 11.2. The zero-order chi connectivity index (χ0) is 10.2. The van der Waals surface area contributed by atoms with Crippen molar-refractivity contribution < 1.29 is 9.21 Å². The van der Waals surface area contributed by atoms with Gasteiger partial charge >= 0.3 is 0 Å². The van der Waals surface area contributed by atoms with E-state index in [4.69, 9.17) is 4.42 Å². The maximum absolute atomic E-state index is 11.2. The molecule has 0 aliphatic carbocycles. The number of hydrogen-bond donors (Lipinski definition) is 1. The summed E-state index contributed by atoms with van der Waals surface area (Å²) in [6.07, 6.45) is 6.81. The Morgan fingerprint density at radius 1 is 1.64 bits per heavy atom. The molecular weight excluding hydrogens is 178 g/mol. The standard InChI is InChI=1S/C11H15NO2/c1-2-3-8-12-11(13)7-6-10-5-4-9-14-10/h4-7,9H,2-3,8H2,1H3,(H,12,13). The summed E-state index contributed by atoms with van der Waals surface area (Å²) in [5, 5.41) is 2.78. The minimum atomic E-state index is -0.0742. The van der Waals surface area contributed by atoms with E-state index in [1.165, 1.54) is 6.08 Å². The van der Waals surface area contributed by atoms with E-state index in [0.29, 0.717) is 5.76 Å². The Labute approximate surface area is 83.8 Å². The number of amides is 1. The lowest BCUT2D eigenvalue weighted by molar-refractivity contribution is -0.116. The summed E-state index contributed by atoms with van der Waals surface area (Å²) in [6, 6.07) is 3.59. The molecule has 0 saturated carbocycles. The number of unbranched alkanes of at least 4 members (excludes halogenated alkanes) is 1. The number of rotatable bonds is 5. The molecule has 3 heteroatoms. The molecule has 0 aliphatic rings. The van der Waals surface area contributed by atoms with Gasteiger partial charge in [0, 0.05) is 12.6 Å². The fraction of sp³-hybridized carbons (Fsp3) is 0.364. The molecule has 0 saturated heterocycles. The molecule has 1 aromatic rings. The Hall–Kier alpha value is -1.51. The second kappa shape index (κ2) is 6.02. The van der Waals surface area contributed by atoms with Crippen LogP contribution in [0.15, 0.2) is 28.9 Å². The molecule has 0 bridgehead atoms. The quantitative estimate of drug-likeness (QED) is 0.575. The molecule has 1 aromatic heterocycles. The van der Waals surface area contributed by atoms with Gasteiger partial charge in [-0.25, -0.2) is 0 Å². The highest BCUT2D eigenvalue weighted by atomic mass is 16.3. The van der Waals surface area contributed by atoms with Crippen LogP contribution in [-0.4, -0.2) is 12.5 Å². The molecular formula is C11H15NO2. The molecule has 0 fully saturated rings. The molecule has 76 valence electrons. The topological polar surface area (TPSA) is 42.2 Å². The molecule has 0 aliphatic heterocycles. The normalized spacial score (nSPS) is 10.6. The molecule has 1 amide bonds. The van der Waals surface area contributed by atoms with Crippen LogP contribution in [0.1, 0.15) is 25.5 Å². The molecule has 3 nitrogen and oxygen atoms in total. The van der Waals surface area contributed by atoms with Crippen molar-refractivity contribution in [1.82, 2.24) is 5.32 Å². The molecule has 1 heterocycles. The van der Waals surface area contributed by atoms with Crippen LogP contribution in [-0.2, 0) is 4.79 Å². The van der Waals surface area contributed by atoms with E-state index in [9.17, 15) is 4.79 Å². The first-order chi connectivity index (χ1) is 6.83. The first-order valence-corrected chi connectivity index (χ1v) is 4.82. The van der Waals surface area contributed by atoms with Crippen molar-refractivity contribution in [2.75, 3.05) is 6.54 Å². The minimum Gasteiger partial charge on any atom is -0.465 e. The highest BCUT2D eigenvalue weighted by Gasteiger charge is 1.94. The number of hydrogen-bond acceptors (Lipinski definition) is 2. The number of furan rings is 1. The van der Waals surface area contributed by atoms with Crippen molar-refractivity contribution in [3.8, 4) is 0 Å². The van der Waals surface area contributed by atoms with Gasteiger partial charge in [0.25, 0.3) is 0 Å². The minimum absolute atomic E-state index is 0.0742. The first-order valence-electron chi connectivity index (χ1n) is 4.82. The molecule has 0 unspecified atom stereocenters. The van der Waals surface area contributed by atoms with Gasteiger partial charge in [-0.15, -0.1) is 0 Å². The van der Waals surface area contributed by atoms with Crippen molar-refractivity contribution in [1.29, 1.82) is 0 Å². The Balaban J connectivity index is 2.26. The molecule has 1 N–H and O–H groups in total. The van der Waals surface area contributed by atoms with Crippen molar-refractivity contribution in [3.05, 3.63) is 30.2 Å². The third-order valence-corrected chi connectivity index (χ3v) is 1.77. The van der Waals surface area contributed by atoms with E-state index in [0.717, 1.165) is 19.4 Å². The lowest BCUT2D eigenvalue weighted by atomic mass is 10.3. The second-order valence-electron chi connectivity index (χ2n) is 2.99. The zero-order valence-corrected chi connectivity index (χ0v) is 8.32. The van der Waals surface area contributed by atoms with Crippen LogP contribution >= 0.6 is 0 Å². The summed E-state index contributed by atoms with van der Waals surface area (Å²) in [6.45, 7) is 2.82. The summed E-state index contributed by atoms with van der Waals surface area (Å²) >= 11 is 0. The zero-order valence-electron chi connectivity index (χ0n) is 8.32. The number of carbonyl (C=O) groups excluding carboxylic acids is 1. The van der Waals surface area contributed by atoms with Crippen LogP contribution in [0, 0.1) is 0 Å². The first kappa shape index (κ1) is 10.6. The van der Waals surface area contributed by atoms with E-state index in [1.54, 1.807) is 24.5 Å². The fourth-order valence-electron chi connectivity index (χ4n) is 0.991. The van der Waals surface area contributed by atoms with Gasteiger partial charge in [0.1, 0.15) is 5.76 Å². The predicted octanol–water partition coefficient (Wildman–Crippen LogP) is 2.21. The van der Waals surface area contributed by atoms with Gasteiger partial charge in [0.15, 0.2) is 0 Å². The summed E-state index contributed by atoms with van der Waals surface area (Å²) < 4.78 is 5.04.